The van der Waals surface area contributed by atoms with Crippen LogP contribution in [0.1, 0.15) is 36.8 Å². The van der Waals surface area contributed by atoms with Crippen molar-refractivity contribution >= 4 is 8.25 Å². The Balaban J connectivity index is 1.44. The maximum Gasteiger partial charge on any atom is 0.694 e. The SMILES string of the molecule is COc1ccc(CCCCCOc2ccc(CNCCCO[P+](=O)O)cc2-c2ccco2)cc1. The van der Waals surface area contributed by atoms with Crippen LogP contribution in [0, 0.1) is 0 Å². The van der Waals surface area contributed by atoms with Gasteiger partial charge >= 0.3 is 8.25 Å². The van der Waals surface area contributed by atoms with Gasteiger partial charge in [0.15, 0.2) is 0 Å². The van der Waals surface area contributed by atoms with Crippen molar-refractivity contribution in [2.45, 2.75) is 38.6 Å². The summed E-state index contributed by atoms with van der Waals surface area (Å²) < 4.78 is 32.1. The molecule has 2 aromatic carbocycles. The van der Waals surface area contributed by atoms with Gasteiger partial charge in [-0.1, -0.05) is 18.2 Å². The molecule has 182 valence electrons. The normalized spacial score (nSPS) is 11.4. The summed E-state index contributed by atoms with van der Waals surface area (Å²) in [4.78, 5) is 8.64. The summed E-state index contributed by atoms with van der Waals surface area (Å²) in [6, 6.07) is 18.2. The number of furan rings is 1. The first-order valence-electron chi connectivity index (χ1n) is 11.6. The quantitative estimate of drug-likeness (QED) is 0.193. The molecule has 0 bridgehead atoms. The van der Waals surface area contributed by atoms with Crippen LogP contribution in [0.3, 0.4) is 0 Å². The minimum absolute atomic E-state index is 0.253. The predicted molar refractivity (Wildman–Crippen MR) is 132 cm³/mol. The van der Waals surface area contributed by atoms with Gasteiger partial charge in [-0.15, -0.1) is 9.42 Å². The monoisotopic (exact) mass is 486 g/mol. The lowest BCUT2D eigenvalue weighted by Gasteiger charge is -2.13. The third kappa shape index (κ3) is 8.92. The van der Waals surface area contributed by atoms with Gasteiger partial charge in [0.05, 0.1) is 25.5 Å². The molecule has 0 radical (unpaired) electrons. The summed E-state index contributed by atoms with van der Waals surface area (Å²) in [5, 5.41) is 3.32. The third-order valence-corrected chi connectivity index (χ3v) is 5.79. The molecule has 0 aliphatic carbocycles. The molecule has 1 heterocycles. The standard InChI is InChI=1S/C26H32NO6P/c1-30-23-12-9-21(10-13-23)7-3-2-4-16-31-26-14-11-22(19-24(26)25-8-5-17-32-25)20-27-15-6-18-33-34(28)29/h5,8-14,17,19,27H,2-4,6-7,15-16,18,20H2,1H3/p+1. The van der Waals surface area contributed by atoms with Crippen LogP contribution in [0.5, 0.6) is 11.5 Å². The van der Waals surface area contributed by atoms with Crippen molar-refractivity contribution in [1.82, 2.24) is 5.32 Å². The van der Waals surface area contributed by atoms with Crippen LogP contribution in [0.25, 0.3) is 11.3 Å². The van der Waals surface area contributed by atoms with Crippen LogP contribution in [0.15, 0.2) is 65.3 Å². The molecular weight excluding hydrogens is 453 g/mol. The Morgan fingerprint density at radius 1 is 0.971 bits per heavy atom. The number of nitrogens with one attached hydrogen (secondary N) is 1. The second-order valence-corrected chi connectivity index (χ2v) is 8.65. The van der Waals surface area contributed by atoms with Crippen molar-refractivity contribution in [3.8, 4) is 22.8 Å². The zero-order valence-corrected chi connectivity index (χ0v) is 20.5. The Labute approximate surface area is 202 Å². The van der Waals surface area contributed by atoms with E-state index in [4.69, 9.17) is 18.8 Å². The number of unbranched alkanes of at least 4 members (excludes halogenated alkanes) is 2. The lowest BCUT2D eigenvalue weighted by molar-refractivity contribution is 0.276. The number of benzene rings is 2. The lowest BCUT2D eigenvalue weighted by atomic mass is 10.1. The fraction of sp³-hybridized carbons (Fsp3) is 0.385. The Bertz CT molecular complexity index is 991. The molecule has 34 heavy (non-hydrogen) atoms. The summed E-state index contributed by atoms with van der Waals surface area (Å²) >= 11 is 0. The van der Waals surface area contributed by atoms with Crippen LogP contribution >= 0.6 is 8.25 Å². The first-order valence-corrected chi connectivity index (χ1v) is 12.7. The summed E-state index contributed by atoms with van der Waals surface area (Å²) in [6.45, 7) is 2.27. The molecule has 1 atom stereocenters. The molecule has 0 saturated carbocycles. The maximum absolute atomic E-state index is 10.5. The van der Waals surface area contributed by atoms with Gasteiger partial charge in [0.2, 0.25) is 0 Å². The molecular formula is C26H33NO6P+. The van der Waals surface area contributed by atoms with E-state index < -0.39 is 8.25 Å². The van der Waals surface area contributed by atoms with E-state index in [2.05, 4.69) is 28.0 Å². The van der Waals surface area contributed by atoms with Crippen LogP contribution in [-0.2, 0) is 22.1 Å². The van der Waals surface area contributed by atoms with Crippen molar-refractivity contribution in [1.29, 1.82) is 0 Å². The molecule has 8 heteroatoms. The van der Waals surface area contributed by atoms with Crippen molar-refractivity contribution in [3.63, 3.8) is 0 Å². The van der Waals surface area contributed by atoms with Gasteiger partial charge in [-0.25, -0.2) is 0 Å². The smallest absolute Gasteiger partial charge is 0.497 e. The maximum atomic E-state index is 10.5. The van der Waals surface area contributed by atoms with Crippen molar-refractivity contribution < 1.29 is 27.9 Å². The number of hydrogen-bond acceptors (Lipinski definition) is 6. The summed E-state index contributed by atoms with van der Waals surface area (Å²) in [5.41, 5.74) is 3.36. The van der Waals surface area contributed by atoms with Crippen molar-refractivity contribution in [2.75, 3.05) is 26.9 Å². The van der Waals surface area contributed by atoms with Gasteiger partial charge in [-0.05, 0) is 86.2 Å². The second kappa shape index (κ2) is 14.5. The zero-order valence-electron chi connectivity index (χ0n) is 19.6. The largest absolute Gasteiger partial charge is 0.694 e. The van der Waals surface area contributed by atoms with Crippen LogP contribution < -0.4 is 14.8 Å². The van der Waals surface area contributed by atoms with Gasteiger partial charge in [0.1, 0.15) is 23.9 Å². The number of aryl methyl sites for hydroxylation is 1. The number of ether oxygens (including phenoxy) is 2. The molecule has 0 fully saturated rings. The van der Waals surface area contributed by atoms with Gasteiger partial charge in [-0.3, -0.25) is 0 Å². The molecule has 0 aliphatic rings. The zero-order chi connectivity index (χ0) is 24.0. The average molecular weight is 487 g/mol. The molecule has 1 unspecified atom stereocenters. The van der Waals surface area contributed by atoms with E-state index in [1.54, 1.807) is 13.4 Å². The fourth-order valence-electron chi connectivity index (χ4n) is 3.59. The highest BCUT2D eigenvalue weighted by Crippen LogP contribution is 2.32. The molecule has 3 aromatic rings. The Kier molecular flexibility index (Phi) is 11.1. The Morgan fingerprint density at radius 3 is 2.53 bits per heavy atom. The van der Waals surface area contributed by atoms with E-state index in [0.29, 0.717) is 26.1 Å². The Morgan fingerprint density at radius 2 is 1.79 bits per heavy atom. The predicted octanol–water partition coefficient (Wildman–Crippen LogP) is 5.89. The summed E-state index contributed by atoms with van der Waals surface area (Å²) in [5.74, 6) is 2.48. The summed E-state index contributed by atoms with van der Waals surface area (Å²) in [7, 11) is -0.840. The van der Waals surface area contributed by atoms with Crippen LogP contribution in [-0.4, -0.2) is 31.8 Å². The first kappa shape index (κ1) is 25.9. The van der Waals surface area contributed by atoms with Crippen molar-refractivity contribution in [3.05, 3.63) is 72.0 Å². The fourth-order valence-corrected chi connectivity index (χ4v) is 3.88. The topological polar surface area (TPSA) is 90.2 Å². The van der Waals surface area contributed by atoms with E-state index in [9.17, 15) is 4.57 Å². The van der Waals surface area contributed by atoms with Gasteiger partial charge in [0, 0.05) is 11.1 Å². The molecule has 0 aliphatic heterocycles. The minimum atomic E-state index is -2.52. The second-order valence-electron chi connectivity index (χ2n) is 7.92. The molecule has 3 rings (SSSR count). The summed E-state index contributed by atoms with van der Waals surface area (Å²) in [6.07, 6.45) is 6.57. The van der Waals surface area contributed by atoms with Crippen molar-refractivity contribution in [2.24, 2.45) is 0 Å². The van der Waals surface area contributed by atoms with E-state index in [1.165, 1.54) is 5.56 Å². The van der Waals surface area contributed by atoms with Gasteiger partial charge in [-0.2, -0.15) is 0 Å². The van der Waals surface area contributed by atoms with E-state index >= 15 is 0 Å². The highest BCUT2D eigenvalue weighted by atomic mass is 31.1. The molecule has 7 nitrogen and oxygen atoms in total. The van der Waals surface area contributed by atoms with E-state index in [-0.39, 0.29) is 6.61 Å². The van der Waals surface area contributed by atoms with Crippen LogP contribution in [0.2, 0.25) is 0 Å². The van der Waals surface area contributed by atoms with E-state index in [0.717, 1.165) is 54.1 Å². The number of hydrogen-bond donors (Lipinski definition) is 2. The molecule has 0 amide bonds. The molecule has 0 saturated heterocycles. The lowest BCUT2D eigenvalue weighted by Crippen LogP contribution is -2.16. The third-order valence-electron chi connectivity index (χ3n) is 5.39. The Hall–Kier alpha value is -2.70. The van der Waals surface area contributed by atoms with E-state index in [1.807, 2.05) is 36.4 Å². The number of methoxy groups -OCH3 is 1. The molecule has 2 N–H and O–H groups in total. The minimum Gasteiger partial charge on any atom is -0.497 e. The van der Waals surface area contributed by atoms with Gasteiger partial charge in [0.25, 0.3) is 0 Å². The molecule has 1 aromatic heterocycles. The first-order chi connectivity index (χ1) is 16.7. The number of rotatable bonds is 16. The van der Waals surface area contributed by atoms with Gasteiger partial charge < -0.3 is 19.2 Å². The average Bonchev–Trinajstić information content (AvgIpc) is 3.39. The molecule has 0 spiro atoms. The highest BCUT2D eigenvalue weighted by Gasteiger charge is 2.12. The van der Waals surface area contributed by atoms with Crippen LogP contribution in [0.4, 0.5) is 0 Å². The highest BCUT2D eigenvalue weighted by molar-refractivity contribution is 7.32.